The van der Waals surface area contributed by atoms with Crippen LogP contribution in [0, 0.1) is 5.92 Å². The normalized spacial score (nSPS) is 19.7. The zero-order valence-corrected chi connectivity index (χ0v) is 17.0. The monoisotopic (exact) mass is 371 g/mol. The number of fused-ring (bicyclic) bond motifs is 1. The lowest BCUT2D eigenvalue weighted by molar-refractivity contribution is 0.483. The molecule has 0 unspecified atom stereocenters. The summed E-state index contributed by atoms with van der Waals surface area (Å²) >= 11 is 0. The van der Waals surface area contributed by atoms with Crippen LogP contribution in [0.1, 0.15) is 77.0 Å². The van der Waals surface area contributed by atoms with Gasteiger partial charge in [-0.3, -0.25) is 0 Å². The van der Waals surface area contributed by atoms with Crippen LogP contribution in [0.3, 0.4) is 0 Å². The number of rotatable bonds is 4. The number of nitrogens with zero attached hydrogens (tertiary/aromatic N) is 2. The molecular weight excluding hydrogens is 334 g/mol. The van der Waals surface area contributed by atoms with E-state index in [1.807, 2.05) is 12.3 Å². The van der Waals surface area contributed by atoms with Gasteiger partial charge < -0.3 is 15.6 Å². The first kappa shape index (κ1) is 20.1. The van der Waals surface area contributed by atoms with Crippen molar-refractivity contribution >= 4 is 16.9 Å². The highest BCUT2D eigenvalue weighted by Crippen LogP contribution is 2.24. The van der Waals surface area contributed by atoms with E-state index in [1.165, 1.54) is 77.0 Å². The Hall–Kier alpha value is -1.62. The topological polar surface area (TPSA) is 65.6 Å². The second-order valence-electron chi connectivity index (χ2n) is 8.18. The van der Waals surface area contributed by atoms with Crippen LogP contribution in [0.25, 0.3) is 11.0 Å². The summed E-state index contributed by atoms with van der Waals surface area (Å²) in [5.41, 5.74) is 0.911. The highest BCUT2D eigenvalue weighted by molar-refractivity contribution is 5.86. The number of aromatic amines is 1. The van der Waals surface area contributed by atoms with E-state index in [9.17, 15) is 0 Å². The van der Waals surface area contributed by atoms with E-state index in [1.54, 1.807) is 6.33 Å². The third kappa shape index (κ3) is 6.49. The fourth-order valence-electron chi connectivity index (χ4n) is 4.39. The van der Waals surface area contributed by atoms with Gasteiger partial charge in [0, 0.05) is 18.8 Å². The van der Waals surface area contributed by atoms with Gasteiger partial charge in [0.2, 0.25) is 0 Å². The van der Waals surface area contributed by atoms with Gasteiger partial charge in [-0.1, -0.05) is 51.4 Å². The van der Waals surface area contributed by atoms with Crippen molar-refractivity contribution in [1.82, 2.24) is 20.3 Å². The highest BCUT2D eigenvalue weighted by Gasteiger charge is 2.13. The Morgan fingerprint density at radius 3 is 2.26 bits per heavy atom. The van der Waals surface area contributed by atoms with Crippen molar-refractivity contribution in [2.24, 2.45) is 5.92 Å². The molecule has 2 saturated carbocycles. The SMILES string of the molecule is CNC1CCCCCC1.c1nc(NCC2CCCCCC2)c2cc[nH]c2n1. The molecule has 4 rings (SSSR count). The Labute approximate surface area is 164 Å². The molecule has 2 fully saturated rings. The summed E-state index contributed by atoms with van der Waals surface area (Å²) in [5, 5.41) is 7.93. The molecule has 2 aliphatic carbocycles. The predicted molar refractivity (Wildman–Crippen MR) is 114 cm³/mol. The lowest BCUT2D eigenvalue weighted by Gasteiger charge is -2.15. The van der Waals surface area contributed by atoms with Crippen molar-refractivity contribution < 1.29 is 0 Å². The first-order valence-electron chi connectivity index (χ1n) is 11.1. The molecule has 0 spiro atoms. The highest BCUT2D eigenvalue weighted by atomic mass is 15.0. The standard InChI is InChI=1S/C14H20N4.C8H17N/c1-2-4-6-11(5-3-1)9-16-14-12-7-8-15-13(12)17-10-18-14;1-9-8-6-4-2-3-5-7-8/h7-8,10-11H,1-6,9H2,(H2,15,16,17,18);8-9H,2-7H2,1H3. The summed E-state index contributed by atoms with van der Waals surface area (Å²) in [6.45, 7) is 1.04. The van der Waals surface area contributed by atoms with Crippen LogP contribution in [0.4, 0.5) is 5.82 Å². The molecule has 5 nitrogen and oxygen atoms in total. The van der Waals surface area contributed by atoms with Gasteiger partial charge >= 0.3 is 0 Å². The summed E-state index contributed by atoms with van der Waals surface area (Å²) in [5.74, 6) is 1.77. The van der Waals surface area contributed by atoms with Gasteiger partial charge in [-0.05, 0) is 44.7 Å². The van der Waals surface area contributed by atoms with E-state index in [4.69, 9.17) is 0 Å². The lowest BCUT2D eigenvalue weighted by Crippen LogP contribution is -2.23. The van der Waals surface area contributed by atoms with Crippen LogP contribution in [0.15, 0.2) is 18.6 Å². The molecule has 2 heterocycles. The molecule has 0 saturated heterocycles. The molecule has 2 aliphatic rings. The zero-order valence-electron chi connectivity index (χ0n) is 17.0. The van der Waals surface area contributed by atoms with E-state index < -0.39 is 0 Å². The second-order valence-corrected chi connectivity index (χ2v) is 8.18. The molecule has 0 atom stereocenters. The first-order valence-corrected chi connectivity index (χ1v) is 11.1. The van der Waals surface area contributed by atoms with E-state index in [-0.39, 0.29) is 0 Å². The van der Waals surface area contributed by atoms with Crippen molar-refractivity contribution in [3.05, 3.63) is 18.6 Å². The molecule has 0 bridgehead atoms. The number of anilines is 1. The van der Waals surface area contributed by atoms with Crippen LogP contribution in [-0.4, -0.2) is 34.6 Å². The number of nitrogens with one attached hydrogen (secondary N) is 3. The Morgan fingerprint density at radius 1 is 0.926 bits per heavy atom. The third-order valence-corrected chi connectivity index (χ3v) is 6.15. The number of hydrogen-bond donors (Lipinski definition) is 3. The van der Waals surface area contributed by atoms with E-state index in [2.05, 4.69) is 32.6 Å². The van der Waals surface area contributed by atoms with Gasteiger partial charge in [0.05, 0.1) is 5.39 Å². The summed E-state index contributed by atoms with van der Waals surface area (Å²) < 4.78 is 0. The van der Waals surface area contributed by atoms with E-state index >= 15 is 0 Å². The Kier molecular flexibility index (Phi) is 8.40. The Bertz CT molecular complexity index is 637. The van der Waals surface area contributed by atoms with E-state index in [0.717, 1.165) is 35.4 Å². The number of hydrogen-bond acceptors (Lipinski definition) is 4. The van der Waals surface area contributed by atoms with Crippen LogP contribution in [-0.2, 0) is 0 Å². The number of aromatic nitrogens is 3. The van der Waals surface area contributed by atoms with Crippen molar-refractivity contribution in [3.8, 4) is 0 Å². The fraction of sp³-hybridized carbons (Fsp3) is 0.727. The average molecular weight is 372 g/mol. The Morgan fingerprint density at radius 2 is 1.59 bits per heavy atom. The van der Waals surface area contributed by atoms with Crippen LogP contribution in [0.2, 0.25) is 0 Å². The fourth-order valence-corrected chi connectivity index (χ4v) is 4.39. The molecular formula is C22H37N5. The number of H-pyrrole nitrogens is 1. The van der Waals surface area contributed by atoms with Crippen LogP contribution in [0.5, 0.6) is 0 Å². The lowest BCUT2D eigenvalue weighted by atomic mass is 10.0. The van der Waals surface area contributed by atoms with Gasteiger partial charge in [0.1, 0.15) is 17.8 Å². The molecule has 0 aromatic carbocycles. The largest absolute Gasteiger partial charge is 0.369 e. The molecule has 0 radical (unpaired) electrons. The summed E-state index contributed by atoms with van der Waals surface area (Å²) in [4.78, 5) is 11.7. The smallest absolute Gasteiger partial charge is 0.142 e. The van der Waals surface area contributed by atoms with Crippen molar-refractivity contribution in [1.29, 1.82) is 0 Å². The minimum Gasteiger partial charge on any atom is -0.369 e. The summed E-state index contributed by atoms with van der Waals surface area (Å²) in [7, 11) is 2.08. The second kappa shape index (κ2) is 11.3. The maximum Gasteiger partial charge on any atom is 0.142 e. The van der Waals surface area contributed by atoms with Gasteiger partial charge in [-0.25, -0.2) is 9.97 Å². The van der Waals surface area contributed by atoms with E-state index in [0.29, 0.717) is 0 Å². The minimum atomic E-state index is 0.802. The van der Waals surface area contributed by atoms with Crippen molar-refractivity contribution in [3.63, 3.8) is 0 Å². The Balaban J connectivity index is 0.000000197. The first-order chi connectivity index (χ1) is 13.4. The molecule has 0 aliphatic heterocycles. The maximum absolute atomic E-state index is 4.34. The van der Waals surface area contributed by atoms with Gasteiger partial charge in [0.15, 0.2) is 0 Å². The van der Waals surface area contributed by atoms with Gasteiger partial charge in [-0.15, -0.1) is 0 Å². The quantitative estimate of drug-likeness (QED) is 0.641. The molecule has 2 aromatic heterocycles. The zero-order chi connectivity index (χ0) is 18.7. The van der Waals surface area contributed by atoms with Crippen LogP contribution >= 0.6 is 0 Å². The average Bonchev–Trinajstić information content (AvgIpc) is 2.89. The molecule has 27 heavy (non-hydrogen) atoms. The summed E-state index contributed by atoms with van der Waals surface area (Å²) in [6.07, 6.45) is 20.4. The summed E-state index contributed by atoms with van der Waals surface area (Å²) in [6, 6.07) is 2.86. The van der Waals surface area contributed by atoms with Crippen molar-refractivity contribution in [2.75, 3.05) is 18.9 Å². The maximum atomic E-state index is 4.34. The van der Waals surface area contributed by atoms with Gasteiger partial charge in [0.25, 0.3) is 0 Å². The van der Waals surface area contributed by atoms with Crippen LogP contribution < -0.4 is 10.6 Å². The molecule has 3 N–H and O–H groups in total. The molecule has 2 aromatic rings. The predicted octanol–water partition coefficient (Wildman–Crippen LogP) is 5.27. The van der Waals surface area contributed by atoms with Crippen molar-refractivity contribution in [2.45, 2.75) is 83.1 Å². The third-order valence-electron chi connectivity index (χ3n) is 6.15. The van der Waals surface area contributed by atoms with Gasteiger partial charge in [-0.2, -0.15) is 0 Å². The molecule has 150 valence electrons. The molecule has 0 amide bonds. The minimum absolute atomic E-state index is 0.802. The molecule has 5 heteroatoms.